The third kappa shape index (κ3) is 7.09. The molecule has 244 valence electrons. The quantitative estimate of drug-likeness (QED) is 0.308. The average molecular weight is 638 g/mol. The summed E-state index contributed by atoms with van der Waals surface area (Å²) in [6.07, 6.45) is 0.256. The number of methoxy groups -OCH3 is 1. The number of carbonyl (C=O) groups excluding carboxylic acids is 3. The second kappa shape index (κ2) is 13.6. The largest absolute Gasteiger partial charge is 0.493 e. The van der Waals surface area contributed by atoms with Gasteiger partial charge in [-0.3, -0.25) is 19.5 Å². The van der Waals surface area contributed by atoms with Crippen molar-refractivity contribution < 1.29 is 28.6 Å². The van der Waals surface area contributed by atoms with Crippen LogP contribution in [-0.4, -0.2) is 71.8 Å². The van der Waals surface area contributed by atoms with Crippen molar-refractivity contribution in [1.29, 1.82) is 0 Å². The number of likely N-dealkylation sites (tertiary alicyclic amines) is 1. The molecule has 4 aromatic rings. The van der Waals surface area contributed by atoms with Crippen molar-refractivity contribution in [3.8, 4) is 28.4 Å². The zero-order valence-electron chi connectivity index (χ0n) is 27.0. The van der Waals surface area contributed by atoms with Crippen LogP contribution in [0.15, 0.2) is 60.7 Å². The number of nitrogens with zero attached hydrogens (tertiary/aromatic N) is 2. The van der Waals surface area contributed by atoms with Crippen LogP contribution >= 0.6 is 0 Å². The van der Waals surface area contributed by atoms with Gasteiger partial charge >= 0.3 is 0 Å². The van der Waals surface area contributed by atoms with E-state index in [4.69, 9.17) is 14.2 Å². The maximum atomic E-state index is 13.8. The normalized spacial score (nSPS) is 18.0. The minimum Gasteiger partial charge on any atom is -0.493 e. The highest BCUT2D eigenvalue weighted by molar-refractivity contribution is 5.96. The van der Waals surface area contributed by atoms with Crippen molar-refractivity contribution in [2.75, 3.05) is 26.8 Å². The van der Waals surface area contributed by atoms with Crippen LogP contribution in [0.5, 0.6) is 17.2 Å². The molecule has 11 nitrogen and oxygen atoms in total. The van der Waals surface area contributed by atoms with Crippen LogP contribution in [0.2, 0.25) is 0 Å². The van der Waals surface area contributed by atoms with Crippen LogP contribution in [0.25, 0.3) is 11.1 Å². The predicted molar refractivity (Wildman–Crippen MR) is 176 cm³/mol. The predicted octanol–water partition coefficient (Wildman–Crippen LogP) is 4.04. The second-order valence-electron chi connectivity index (χ2n) is 12.1. The SMILES string of the molecule is COc1cc2ccc1O[C@H]1CN(C(=O)CCc3n[nH]c(C)c3C)C[C@@H]1NC(=O)c1ccc(C)c(c1)-c1cccc(c1)OCC(=O)NC2. The fourth-order valence-corrected chi connectivity index (χ4v) is 5.96. The van der Waals surface area contributed by atoms with E-state index in [9.17, 15) is 14.4 Å². The molecule has 0 spiro atoms. The summed E-state index contributed by atoms with van der Waals surface area (Å²) < 4.78 is 17.9. The molecule has 1 saturated heterocycles. The summed E-state index contributed by atoms with van der Waals surface area (Å²) in [6, 6.07) is 17.9. The number of hydrogen-bond donors (Lipinski definition) is 3. The summed E-state index contributed by atoms with van der Waals surface area (Å²) in [5.41, 5.74) is 6.90. The molecule has 0 aliphatic carbocycles. The monoisotopic (exact) mass is 637 g/mol. The highest BCUT2D eigenvalue weighted by Crippen LogP contribution is 2.32. The molecule has 0 unspecified atom stereocenters. The minimum atomic E-state index is -0.541. The molecule has 3 N–H and O–H groups in total. The third-order valence-electron chi connectivity index (χ3n) is 8.88. The second-order valence-corrected chi connectivity index (χ2v) is 12.1. The maximum Gasteiger partial charge on any atom is 0.258 e. The Balaban J connectivity index is 1.30. The first-order valence-electron chi connectivity index (χ1n) is 15.7. The van der Waals surface area contributed by atoms with E-state index in [0.29, 0.717) is 35.8 Å². The Morgan fingerprint density at radius 2 is 1.87 bits per heavy atom. The number of amides is 3. The maximum absolute atomic E-state index is 13.8. The molecule has 1 aromatic heterocycles. The van der Waals surface area contributed by atoms with Gasteiger partial charge in [-0.2, -0.15) is 5.10 Å². The number of aromatic amines is 1. The Bertz CT molecular complexity index is 1820. The number of nitrogens with one attached hydrogen (secondary N) is 3. The Labute approximate surface area is 273 Å². The van der Waals surface area contributed by atoms with Crippen LogP contribution in [0.3, 0.4) is 0 Å². The summed E-state index contributed by atoms with van der Waals surface area (Å²) in [7, 11) is 1.54. The van der Waals surface area contributed by atoms with Crippen molar-refractivity contribution in [1.82, 2.24) is 25.7 Å². The molecule has 47 heavy (non-hydrogen) atoms. The number of fused-ring (bicyclic) bond motifs is 7. The lowest BCUT2D eigenvalue weighted by Gasteiger charge is -2.23. The fraction of sp³-hybridized carbons (Fsp3) is 0.333. The molecule has 0 radical (unpaired) electrons. The number of ether oxygens (including phenoxy) is 3. The molecular formula is C36H39N5O6. The summed E-state index contributed by atoms with van der Waals surface area (Å²) in [5.74, 6) is 0.899. The van der Waals surface area contributed by atoms with Gasteiger partial charge in [-0.05, 0) is 85.0 Å². The molecule has 3 aromatic carbocycles. The number of H-pyrrole nitrogens is 1. The van der Waals surface area contributed by atoms with E-state index in [1.165, 1.54) is 0 Å². The van der Waals surface area contributed by atoms with E-state index in [2.05, 4.69) is 20.8 Å². The molecule has 0 saturated carbocycles. The minimum absolute atomic E-state index is 0.0429. The van der Waals surface area contributed by atoms with Gasteiger partial charge in [0.2, 0.25) is 5.91 Å². The van der Waals surface area contributed by atoms with Gasteiger partial charge in [0.05, 0.1) is 25.4 Å². The first-order chi connectivity index (χ1) is 22.7. The lowest BCUT2D eigenvalue weighted by atomic mass is 9.97. The van der Waals surface area contributed by atoms with Crippen LogP contribution in [0, 0.1) is 20.8 Å². The van der Waals surface area contributed by atoms with E-state index < -0.39 is 12.1 Å². The zero-order chi connectivity index (χ0) is 33.1. The van der Waals surface area contributed by atoms with Gasteiger partial charge in [-0.15, -0.1) is 0 Å². The number of benzene rings is 3. The van der Waals surface area contributed by atoms with Crippen LogP contribution in [-0.2, 0) is 22.6 Å². The molecule has 7 rings (SSSR count). The van der Waals surface area contributed by atoms with Crippen LogP contribution in [0.4, 0.5) is 0 Å². The first-order valence-corrected chi connectivity index (χ1v) is 15.7. The summed E-state index contributed by atoms with van der Waals surface area (Å²) in [4.78, 5) is 41.6. The summed E-state index contributed by atoms with van der Waals surface area (Å²) in [5, 5.41) is 13.4. The van der Waals surface area contributed by atoms with Gasteiger partial charge in [0.15, 0.2) is 18.1 Å². The smallest absolute Gasteiger partial charge is 0.258 e. The number of carbonyl (C=O) groups is 3. The molecule has 2 atom stereocenters. The molecule has 3 aliphatic rings. The van der Waals surface area contributed by atoms with Gasteiger partial charge in [0.25, 0.3) is 11.8 Å². The fourth-order valence-electron chi connectivity index (χ4n) is 5.96. The van der Waals surface area contributed by atoms with Crippen molar-refractivity contribution in [2.45, 2.75) is 52.3 Å². The van der Waals surface area contributed by atoms with Gasteiger partial charge in [0.1, 0.15) is 11.9 Å². The first kappa shape index (κ1) is 31.7. The van der Waals surface area contributed by atoms with Crippen molar-refractivity contribution in [3.63, 3.8) is 0 Å². The van der Waals surface area contributed by atoms with E-state index >= 15 is 0 Å². The summed E-state index contributed by atoms with van der Waals surface area (Å²) >= 11 is 0. The van der Waals surface area contributed by atoms with Gasteiger partial charge in [0, 0.05) is 37.2 Å². The van der Waals surface area contributed by atoms with Crippen molar-refractivity contribution >= 4 is 17.7 Å². The Hall–Kier alpha value is -5.32. The number of aromatic nitrogens is 2. The highest BCUT2D eigenvalue weighted by atomic mass is 16.5. The molecule has 1 fully saturated rings. The molecule has 11 heteroatoms. The van der Waals surface area contributed by atoms with Gasteiger partial charge < -0.3 is 29.7 Å². The molecule has 6 bridgehead atoms. The summed E-state index contributed by atoms with van der Waals surface area (Å²) in [6.45, 7) is 6.62. The Morgan fingerprint density at radius 3 is 2.66 bits per heavy atom. The highest BCUT2D eigenvalue weighted by Gasteiger charge is 2.38. The number of hydrogen-bond acceptors (Lipinski definition) is 7. The average Bonchev–Trinajstić information content (AvgIpc) is 3.62. The van der Waals surface area contributed by atoms with E-state index in [1.807, 2.05) is 57.2 Å². The van der Waals surface area contributed by atoms with Crippen LogP contribution in [0.1, 0.15) is 44.9 Å². The lowest BCUT2D eigenvalue weighted by Crippen LogP contribution is -2.45. The van der Waals surface area contributed by atoms with Gasteiger partial charge in [-0.25, -0.2) is 0 Å². The molecular weight excluding hydrogens is 598 g/mol. The Kier molecular flexibility index (Phi) is 9.15. The third-order valence-corrected chi connectivity index (χ3v) is 8.88. The molecule has 3 amide bonds. The lowest BCUT2D eigenvalue weighted by molar-refractivity contribution is -0.130. The standard InChI is InChI=1S/C36H39N5O6/c1-21-8-10-26-16-28(21)25-6-5-7-27(15-25)46-20-34(42)37-17-24-9-12-31(32(14-24)45-4)47-33-19-41(18-30(33)38-36(26)44)35(43)13-11-29-22(2)23(3)39-40-29/h5-10,12,14-16,30,33H,11,13,17-20H2,1-4H3,(H,37,42)(H,38,44)(H,39,40)/t30-,33-/m0/s1. The van der Waals surface area contributed by atoms with Crippen molar-refractivity contribution in [3.05, 3.63) is 94.3 Å². The van der Waals surface area contributed by atoms with Crippen molar-refractivity contribution in [2.24, 2.45) is 0 Å². The van der Waals surface area contributed by atoms with E-state index in [-0.39, 0.29) is 43.8 Å². The molecule has 3 aliphatic heterocycles. The van der Waals surface area contributed by atoms with E-state index in [1.54, 1.807) is 36.3 Å². The Morgan fingerprint density at radius 1 is 1.02 bits per heavy atom. The van der Waals surface area contributed by atoms with E-state index in [0.717, 1.165) is 39.2 Å². The number of aryl methyl sites for hydroxylation is 3. The molecule has 4 heterocycles. The number of rotatable bonds is 4. The zero-order valence-corrected chi connectivity index (χ0v) is 27.0. The van der Waals surface area contributed by atoms with Crippen LogP contribution < -0.4 is 24.8 Å². The van der Waals surface area contributed by atoms with Gasteiger partial charge in [-0.1, -0.05) is 24.3 Å². The topological polar surface area (TPSA) is 135 Å².